The summed E-state index contributed by atoms with van der Waals surface area (Å²) in [5, 5.41) is 10.3. The zero-order valence-corrected chi connectivity index (χ0v) is 6.60. The van der Waals surface area contributed by atoms with Crippen molar-refractivity contribution in [2.45, 2.75) is 26.2 Å². The predicted octanol–water partition coefficient (Wildman–Crippen LogP) is -0.278. The second-order valence-electron chi connectivity index (χ2n) is 2.08. The maximum atomic E-state index is 4.29. The van der Waals surface area contributed by atoms with Gasteiger partial charge in [0.25, 0.3) is 0 Å². The smallest absolute Gasteiger partial charge is 0.0723 e. The van der Waals surface area contributed by atoms with Crippen LogP contribution in [0.3, 0.4) is 0 Å². The summed E-state index contributed by atoms with van der Waals surface area (Å²) in [6.07, 6.45) is 0.486. The molecule has 0 aliphatic heterocycles. The lowest BCUT2D eigenvalue weighted by Gasteiger charge is -2.15. The molecule has 3 nitrogen and oxygen atoms in total. The van der Waals surface area contributed by atoms with Gasteiger partial charge in [0, 0.05) is 0 Å². The van der Waals surface area contributed by atoms with E-state index in [-0.39, 0.29) is 12.3 Å². The van der Waals surface area contributed by atoms with E-state index in [1.54, 1.807) is 0 Å². The average molecular weight is 130 g/mol. The maximum absolute atomic E-state index is 4.29. The highest BCUT2D eigenvalue weighted by Crippen LogP contribution is 1.79. The Morgan fingerprint density at radius 1 is 1.00 bits per heavy atom. The van der Waals surface area contributed by atoms with Crippen molar-refractivity contribution in [2.75, 3.05) is 14.1 Å². The van der Waals surface area contributed by atoms with Crippen LogP contribution < -0.4 is 16.0 Å². The second kappa shape index (κ2) is 4.73. The van der Waals surface area contributed by atoms with Gasteiger partial charge in [0.1, 0.15) is 0 Å². The highest BCUT2D eigenvalue weighted by atomic mass is 15.2. The Balaban J connectivity index is 3.22. The molecule has 55 valence electrons. The zero-order chi connectivity index (χ0) is 7.28. The molecule has 1 radical (unpaired) electrons. The molecule has 0 fully saturated rings. The van der Waals surface area contributed by atoms with Crippen LogP contribution in [0, 0.1) is 0 Å². The van der Waals surface area contributed by atoms with E-state index in [1.165, 1.54) is 0 Å². The Hall–Kier alpha value is -0.120. The lowest BCUT2D eigenvalue weighted by Crippen LogP contribution is -2.42. The van der Waals surface area contributed by atoms with Crippen molar-refractivity contribution in [2.24, 2.45) is 0 Å². The molecule has 0 heterocycles. The van der Waals surface area contributed by atoms with Gasteiger partial charge in [-0.2, -0.15) is 0 Å². The minimum atomic E-state index is 0.243. The standard InChI is InChI=1S/C6H16N3/c1-5(7-3)9-6(2)8-4/h5-8H,1-4H3. The van der Waals surface area contributed by atoms with Crippen molar-refractivity contribution in [1.29, 1.82) is 0 Å². The quantitative estimate of drug-likeness (QED) is 0.549. The molecule has 0 saturated heterocycles. The van der Waals surface area contributed by atoms with Gasteiger partial charge < -0.3 is 10.6 Å². The van der Waals surface area contributed by atoms with Crippen LogP contribution in [-0.2, 0) is 0 Å². The molecule has 0 aliphatic rings. The fourth-order valence-electron chi connectivity index (χ4n) is 0.484. The molecule has 3 heteroatoms. The molecule has 2 unspecified atom stereocenters. The molecule has 0 aromatic heterocycles. The Morgan fingerprint density at radius 2 is 1.33 bits per heavy atom. The van der Waals surface area contributed by atoms with Crippen LogP contribution in [0.25, 0.3) is 0 Å². The minimum absolute atomic E-state index is 0.243. The normalized spacial score (nSPS) is 17.3. The molecule has 0 bridgehead atoms. The molecule has 9 heavy (non-hydrogen) atoms. The van der Waals surface area contributed by atoms with Crippen LogP contribution in [0.5, 0.6) is 0 Å². The highest BCUT2D eigenvalue weighted by Gasteiger charge is 2.02. The van der Waals surface area contributed by atoms with E-state index in [0.29, 0.717) is 0 Å². The lowest BCUT2D eigenvalue weighted by molar-refractivity contribution is 0.385. The first kappa shape index (κ1) is 8.88. The van der Waals surface area contributed by atoms with Crippen LogP contribution >= 0.6 is 0 Å². The summed E-state index contributed by atoms with van der Waals surface area (Å²) < 4.78 is 0. The minimum Gasteiger partial charge on any atom is -0.304 e. The number of hydrogen-bond donors (Lipinski definition) is 2. The number of nitrogens with one attached hydrogen (secondary N) is 2. The van der Waals surface area contributed by atoms with Gasteiger partial charge in [-0.1, -0.05) is 0 Å². The fourth-order valence-corrected chi connectivity index (χ4v) is 0.484. The predicted molar refractivity (Wildman–Crippen MR) is 39.2 cm³/mol. The van der Waals surface area contributed by atoms with E-state index in [4.69, 9.17) is 0 Å². The third kappa shape index (κ3) is 4.39. The first-order valence-electron chi connectivity index (χ1n) is 3.25. The Morgan fingerprint density at radius 3 is 1.56 bits per heavy atom. The van der Waals surface area contributed by atoms with Crippen molar-refractivity contribution >= 4 is 0 Å². The molecule has 0 saturated carbocycles. The Labute approximate surface area is 57.2 Å². The van der Waals surface area contributed by atoms with Crippen molar-refractivity contribution < 1.29 is 0 Å². The van der Waals surface area contributed by atoms with Gasteiger partial charge in [0.05, 0.1) is 12.3 Å². The highest BCUT2D eigenvalue weighted by molar-refractivity contribution is 4.58. The Kier molecular flexibility index (Phi) is 4.67. The Bertz CT molecular complexity index is 57.3. The van der Waals surface area contributed by atoms with Crippen molar-refractivity contribution in [3.8, 4) is 0 Å². The summed E-state index contributed by atoms with van der Waals surface area (Å²) in [7, 11) is 3.80. The average Bonchev–Trinajstić information content (AvgIpc) is 1.87. The van der Waals surface area contributed by atoms with Crippen LogP contribution in [0.15, 0.2) is 0 Å². The largest absolute Gasteiger partial charge is 0.304 e. The van der Waals surface area contributed by atoms with Gasteiger partial charge >= 0.3 is 0 Å². The van der Waals surface area contributed by atoms with Crippen molar-refractivity contribution in [3.63, 3.8) is 0 Å². The summed E-state index contributed by atoms with van der Waals surface area (Å²) in [5.74, 6) is 0. The summed E-state index contributed by atoms with van der Waals surface area (Å²) in [5.41, 5.74) is 0. The molecule has 2 N–H and O–H groups in total. The van der Waals surface area contributed by atoms with Gasteiger partial charge in [0.2, 0.25) is 0 Å². The molecule has 0 aromatic carbocycles. The first-order valence-corrected chi connectivity index (χ1v) is 3.25. The second-order valence-corrected chi connectivity index (χ2v) is 2.08. The van der Waals surface area contributed by atoms with E-state index in [9.17, 15) is 0 Å². The molecule has 0 aromatic rings. The summed E-state index contributed by atoms with van der Waals surface area (Å²) in [4.78, 5) is 0. The van der Waals surface area contributed by atoms with Gasteiger partial charge in [-0.05, 0) is 27.9 Å². The fraction of sp³-hybridized carbons (Fsp3) is 1.00. The van der Waals surface area contributed by atoms with Crippen LogP contribution in [0.4, 0.5) is 0 Å². The number of nitrogens with zero attached hydrogens (tertiary/aromatic N) is 1. The van der Waals surface area contributed by atoms with Crippen LogP contribution in [-0.4, -0.2) is 26.4 Å². The summed E-state index contributed by atoms with van der Waals surface area (Å²) >= 11 is 0. The van der Waals surface area contributed by atoms with Crippen LogP contribution in [0.2, 0.25) is 0 Å². The monoisotopic (exact) mass is 130 g/mol. The van der Waals surface area contributed by atoms with Gasteiger partial charge in [0.15, 0.2) is 0 Å². The molecule has 0 amide bonds. The summed E-state index contributed by atoms with van der Waals surface area (Å²) in [6.45, 7) is 4.04. The lowest BCUT2D eigenvalue weighted by atomic mass is 10.5. The van der Waals surface area contributed by atoms with Gasteiger partial charge in [-0.3, -0.25) is 0 Å². The summed E-state index contributed by atoms with van der Waals surface area (Å²) in [6, 6.07) is 0. The number of rotatable bonds is 4. The molecular weight excluding hydrogens is 114 g/mol. The van der Waals surface area contributed by atoms with E-state index < -0.39 is 0 Å². The molecule has 0 rings (SSSR count). The third-order valence-electron chi connectivity index (χ3n) is 1.28. The van der Waals surface area contributed by atoms with Gasteiger partial charge in [-0.25, -0.2) is 5.32 Å². The van der Waals surface area contributed by atoms with Crippen molar-refractivity contribution in [1.82, 2.24) is 16.0 Å². The zero-order valence-electron chi connectivity index (χ0n) is 6.60. The molecule has 0 spiro atoms. The van der Waals surface area contributed by atoms with E-state index in [2.05, 4.69) is 16.0 Å². The topological polar surface area (TPSA) is 38.2 Å². The maximum Gasteiger partial charge on any atom is 0.0723 e. The molecule has 0 aliphatic carbocycles. The van der Waals surface area contributed by atoms with Crippen molar-refractivity contribution in [3.05, 3.63) is 0 Å². The van der Waals surface area contributed by atoms with E-state index >= 15 is 0 Å². The van der Waals surface area contributed by atoms with Gasteiger partial charge in [-0.15, -0.1) is 0 Å². The van der Waals surface area contributed by atoms with E-state index in [0.717, 1.165) is 0 Å². The van der Waals surface area contributed by atoms with Crippen LogP contribution in [0.1, 0.15) is 13.8 Å². The molecule has 2 atom stereocenters. The number of hydrogen-bond acceptors (Lipinski definition) is 2. The van der Waals surface area contributed by atoms with E-state index in [1.807, 2.05) is 27.9 Å². The first-order chi connectivity index (χ1) is 4.20. The molecular formula is C6H16N3. The third-order valence-corrected chi connectivity index (χ3v) is 1.28. The SMILES string of the molecule is CNC(C)[N]C(C)NC.